The summed E-state index contributed by atoms with van der Waals surface area (Å²) >= 11 is 3.73. The standard InChI is InChI=1S/C10H18BrN/c11-9-3-1-8-6-10(12)4-2-7(8)5-9/h7-10H,1-6,12H2. The van der Waals surface area contributed by atoms with Gasteiger partial charge in [-0.25, -0.2) is 0 Å². The molecule has 2 rings (SSSR count). The van der Waals surface area contributed by atoms with E-state index in [1.165, 1.54) is 38.5 Å². The Morgan fingerprint density at radius 1 is 0.917 bits per heavy atom. The molecule has 2 N–H and O–H groups in total. The Kier molecular flexibility index (Phi) is 2.75. The zero-order chi connectivity index (χ0) is 8.55. The van der Waals surface area contributed by atoms with Gasteiger partial charge in [-0.05, 0) is 50.4 Å². The normalized spacial score (nSPS) is 48.5. The Hall–Kier alpha value is 0.440. The molecule has 0 spiro atoms. The molecule has 0 aromatic rings. The Morgan fingerprint density at radius 2 is 1.58 bits per heavy atom. The van der Waals surface area contributed by atoms with E-state index in [1.807, 2.05) is 0 Å². The molecule has 0 aliphatic heterocycles. The summed E-state index contributed by atoms with van der Waals surface area (Å²) in [4.78, 5) is 0.799. The molecule has 0 heterocycles. The van der Waals surface area contributed by atoms with Gasteiger partial charge in [0.15, 0.2) is 0 Å². The lowest BCUT2D eigenvalue weighted by molar-refractivity contribution is 0.162. The number of halogens is 1. The van der Waals surface area contributed by atoms with Crippen LogP contribution in [0.1, 0.15) is 38.5 Å². The minimum Gasteiger partial charge on any atom is -0.328 e. The molecule has 2 heteroatoms. The quantitative estimate of drug-likeness (QED) is 0.638. The van der Waals surface area contributed by atoms with Gasteiger partial charge < -0.3 is 5.73 Å². The molecule has 2 fully saturated rings. The number of alkyl halides is 1. The second-order valence-corrected chi connectivity index (χ2v) is 5.80. The Balaban J connectivity index is 1.94. The molecule has 0 aromatic carbocycles. The smallest absolute Gasteiger partial charge is 0.0148 e. The zero-order valence-corrected chi connectivity index (χ0v) is 9.09. The zero-order valence-electron chi connectivity index (χ0n) is 7.51. The van der Waals surface area contributed by atoms with Gasteiger partial charge in [-0.3, -0.25) is 0 Å². The van der Waals surface area contributed by atoms with Crippen molar-refractivity contribution >= 4 is 15.9 Å². The van der Waals surface area contributed by atoms with Crippen LogP contribution in [-0.4, -0.2) is 10.9 Å². The van der Waals surface area contributed by atoms with Gasteiger partial charge in [0.05, 0.1) is 0 Å². The number of hydrogen-bond donors (Lipinski definition) is 1. The van der Waals surface area contributed by atoms with Gasteiger partial charge in [0.25, 0.3) is 0 Å². The minimum atomic E-state index is 0.512. The fraction of sp³-hybridized carbons (Fsp3) is 1.00. The topological polar surface area (TPSA) is 26.0 Å². The van der Waals surface area contributed by atoms with E-state index in [4.69, 9.17) is 5.73 Å². The summed E-state index contributed by atoms with van der Waals surface area (Å²) in [6.07, 6.45) is 8.12. The molecule has 2 saturated carbocycles. The van der Waals surface area contributed by atoms with Crippen LogP contribution in [0.2, 0.25) is 0 Å². The largest absolute Gasteiger partial charge is 0.328 e. The highest BCUT2D eigenvalue weighted by Crippen LogP contribution is 2.41. The van der Waals surface area contributed by atoms with Crippen molar-refractivity contribution in [2.75, 3.05) is 0 Å². The van der Waals surface area contributed by atoms with E-state index in [0.29, 0.717) is 6.04 Å². The predicted molar refractivity (Wildman–Crippen MR) is 55.4 cm³/mol. The lowest BCUT2D eigenvalue weighted by atomic mass is 9.69. The van der Waals surface area contributed by atoms with Crippen LogP contribution in [-0.2, 0) is 0 Å². The van der Waals surface area contributed by atoms with Crippen molar-refractivity contribution in [1.29, 1.82) is 0 Å². The van der Waals surface area contributed by atoms with Crippen molar-refractivity contribution in [3.63, 3.8) is 0 Å². The van der Waals surface area contributed by atoms with E-state index < -0.39 is 0 Å². The van der Waals surface area contributed by atoms with Crippen LogP contribution < -0.4 is 5.73 Å². The van der Waals surface area contributed by atoms with E-state index >= 15 is 0 Å². The van der Waals surface area contributed by atoms with Gasteiger partial charge in [-0.15, -0.1) is 0 Å². The first-order chi connectivity index (χ1) is 5.75. The second-order valence-electron chi connectivity index (χ2n) is 4.50. The maximum absolute atomic E-state index is 5.96. The summed E-state index contributed by atoms with van der Waals surface area (Å²) in [6.45, 7) is 0. The molecule has 0 aromatic heterocycles. The molecule has 0 bridgehead atoms. The van der Waals surface area contributed by atoms with Gasteiger partial charge in [-0.2, -0.15) is 0 Å². The number of fused-ring (bicyclic) bond motifs is 1. The second kappa shape index (κ2) is 3.67. The van der Waals surface area contributed by atoms with E-state index in [-0.39, 0.29) is 0 Å². The summed E-state index contributed by atoms with van der Waals surface area (Å²) in [5.74, 6) is 1.95. The maximum Gasteiger partial charge on any atom is 0.0148 e. The maximum atomic E-state index is 5.96. The average molecular weight is 232 g/mol. The predicted octanol–water partition coefficient (Wildman–Crippen LogP) is 2.68. The first-order valence-corrected chi connectivity index (χ1v) is 6.07. The third kappa shape index (κ3) is 1.85. The summed E-state index contributed by atoms with van der Waals surface area (Å²) in [6, 6.07) is 0.512. The van der Waals surface area contributed by atoms with Crippen LogP contribution >= 0.6 is 15.9 Å². The van der Waals surface area contributed by atoms with Gasteiger partial charge in [-0.1, -0.05) is 15.9 Å². The first kappa shape index (κ1) is 9.01. The van der Waals surface area contributed by atoms with E-state index in [1.54, 1.807) is 0 Å². The van der Waals surface area contributed by atoms with Crippen molar-refractivity contribution < 1.29 is 0 Å². The molecule has 12 heavy (non-hydrogen) atoms. The van der Waals surface area contributed by atoms with Crippen molar-refractivity contribution in [3.8, 4) is 0 Å². The molecule has 0 saturated heterocycles. The monoisotopic (exact) mass is 231 g/mol. The SMILES string of the molecule is NC1CCC2CC(Br)CCC2C1. The van der Waals surface area contributed by atoms with Gasteiger partial charge >= 0.3 is 0 Å². The highest BCUT2D eigenvalue weighted by molar-refractivity contribution is 9.09. The lowest BCUT2D eigenvalue weighted by Gasteiger charge is -2.39. The molecule has 4 unspecified atom stereocenters. The third-order valence-corrected chi connectivity index (χ3v) is 4.42. The Bertz CT molecular complexity index is 142. The Morgan fingerprint density at radius 3 is 2.42 bits per heavy atom. The van der Waals surface area contributed by atoms with Crippen LogP contribution in [0.25, 0.3) is 0 Å². The summed E-state index contributed by atoms with van der Waals surface area (Å²) < 4.78 is 0. The van der Waals surface area contributed by atoms with Gasteiger partial charge in [0.2, 0.25) is 0 Å². The highest BCUT2D eigenvalue weighted by Gasteiger charge is 2.33. The molecular formula is C10H18BrN. The molecule has 2 aliphatic rings. The number of nitrogens with two attached hydrogens (primary N) is 1. The van der Waals surface area contributed by atoms with Crippen LogP contribution in [0, 0.1) is 11.8 Å². The lowest BCUT2D eigenvalue weighted by Crippen LogP contribution is -2.36. The fourth-order valence-electron chi connectivity index (χ4n) is 2.87. The van der Waals surface area contributed by atoms with Crippen LogP contribution in [0.15, 0.2) is 0 Å². The van der Waals surface area contributed by atoms with E-state index in [2.05, 4.69) is 15.9 Å². The summed E-state index contributed by atoms with van der Waals surface area (Å²) in [5.41, 5.74) is 5.96. The first-order valence-electron chi connectivity index (χ1n) is 5.15. The summed E-state index contributed by atoms with van der Waals surface area (Å²) in [5, 5.41) is 0. The molecule has 0 radical (unpaired) electrons. The van der Waals surface area contributed by atoms with Gasteiger partial charge in [0, 0.05) is 10.9 Å². The van der Waals surface area contributed by atoms with Crippen LogP contribution in [0.3, 0.4) is 0 Å². The molecular weight excluding hydrogens is 214 g/mol. The van der Waals surface area contributed by atoms with Crippen molar-refractivity contribution in [2.45, 2.75) is 49.4 Å². The molecule has 70 valence electrons. The van der Waals surface area contributed by atoms with Crippen LogP contribution in [0.5, 0.6) is 0 Å². The molecule has 0 amide bonds. The Labute approximate surface area is 83.2 Å². The third-order valence-electron chi connectivity index (χ3n) is 3.59. The molecule has 4 atom stereocenters. The van der Waals surface area contributed by atoms with Crippen LogP contribution in [0.4, 0.5) is 0 Å². The van der Waals surface area contributed by atoms with Gasteiger partial charge in [0.1, 0.15) is 0 Å². The average Bonchev–Trinajstić information content (AvgIpc) is 2.05. The van der Waals surface area contributed by atoms with Crippen molar-refractivity contribution in [3.05, 3.63) is 0 Å². The van der Waals surface area contributed by atoms with Crippen molar-refractivity contribution in [1.82, 2.24) is 0 Å². The van der Waals surface area contributed by atoms with E-state index in [0.717, 1.165) is 16.7 Å². The molecule has 1 nitrogen and oxygen atoms in total. The number of hydrogen-bond acceptors (Lipinski definition) is 1. The summed E-state index contributed by atoms with van der Waals surface area (Å²) in [7, 11) is 0. The van der Waals surface area contributed by atoms with Crippen molar-refractivity contribution in [2.24, 2.45) is 17.6 Å². The molecule has 2 aliphatic carbocycles. The number of rotatable bonds is 0. The fourth-order valence-corrected chi connectivity index (χ4v) is 3.61. The minimum absolute atomic E-state index is 0.512. The van der Waals surface area contributed by atoms with E-state index in [9.17, 15) is 0 Å². The highest BCUT2D eigenvalue weighted by atomic mass is 79.9.